The van der Waals surface area contributed by atoms with Crippen LogP contribution in [-0.4, -0.2) is 113 Å². The van der Waals surface area contributed by atoms with Crippen molar-refractivity contribution in [3.63, 3.8) is 0 Å². The molecule has 2 saturated heterocycles. The smallest absolute Gasteiger partial charge is 0.303 e. The number of esters is 3. The number of aliphatic hydroxyl groups is 3. The number of ether oxygens (including phenoxy) is 7. The average Bonchev–Trinajstić information content (AvgIpc) is 2.84. The zero-order valence-electron chi connectivity index (χ0n) is 23.5. The van der Waals surface area contributed by atoms with Gasteiger partial charge in [0.15, 0.2) is 18.7 Å². The molecule has 2 heterocycles. The zero-order chi connectivity index (χ0) is 30.4. The number of carbonyl (C=O) groups is 3. The molecule has 0 radical (unpaired) electrons. The highest BCUT2D eigenvalue weighted by molar-refractivity contribution is 5.66. The molecule has 2 fully saturated rings. The Morgan fingerprint density at radius 3 is 1.88 bits per heavy atom. The predicted octanol–water partition coefficient (Wildman–Crippen LogP) is 0.0921. The molecule has 228 valence electrons. The molecular formula is C24H39N3O13. The van der Waals surface area contributed by atoms with E-state index in [4.69, 9.17) is 33.2 Å². The first-order valence-electron chi connectivity index (χ1n) is 12.8. The quantitative estimate of drug-likeness (QED) is 0.0974. The van der Waals surface area contributed by atoms with E-state index in [-0.39, 0.29) is 5.92 Å². The van der Waals surface area contributed by atoms with Crippen LogP contribution in [0.2, 0.25) is 0 Å². The summed E-state index contributed by atoms with van der Waals surface area (Å²) >= 11 is 0. The maximum Gasteiger partial charge on any atom is 0.303 e. The highest BCUT2D eigenvalue weighted by atomic mass is 16.7. The molecule has 0 aliphatic carbocycles. The first-order chi connectivity index (χ1) is 18.6. The van der Waals surface area contributed by atoms with Crippen molar-refractivity contribution < 1.29 is 62.9 Å². The minimum absolute atomic E-state index is 0.0466. The fourth-order valence-electron chi connectivity index (χ4n) is 3.94. The van der Waals surface area contributed by atoms with Crippen molar-refractivity contribution in [2.45, 2.75) is 115 Å². The topological polar surface area (TPSA) is 225 Å². The van der Waals surface area contributed by atoms with E-state index in [0.29, 0.717) is 0 Å². The predicted molar refractivity (Wildman–Crippen MR) is 132 cm³/mol. The third-order valence-electron chi connectivity index (χ3n) is 6.78. The fourth-order valence-corrected chi connectivity index (χ4v) is 3.94. The van der Waals surface area contributed by atoms with Crippen LogP contribution in [0.3, 0.4) is 0 Å². The van der Waals surface area contributed by atoms with Gasteiger partial charge in [0, 0.05) is 25.7 Å². The Balaban J connectivity index is 2.48. The summed E-state index contributed by atoms with van der Waals surface area (Å²) in [4.78, 5) is 37.4. The normalized spacial score (nSPS) is 34.5. The zero-order valence-corrected chi connectivity index (χ0v) is 23.5. The summed E-state index contributed by atoms with van der Waals surface area (Å²) in [5, 5.41) is 36.2. The largest absolute Gasteiger partial charge is 0.463 e. The lowest BCUT2D eigenvalue weighted by atomic mass is 9.93. The Hall–Kier alpha value is -2.56. The van der Waals surface area contributed by atoms with E-state index in [1.165, 1.54) is 0 Å². The SMILES string of the molecule is CC(=O)OC[C@H]1O[C@@H](O[C@H]2[C@H](O)[C@@H](COC(C)=O)O[C@@H](OC(C)(C)C(C)C)[C@@H]2N=[N+]=[N-])[C@H](OC(C)=O)[C@@H](O)[C@H]1O. The van der Waals surface area contributed by atoms with Gasteiger partial charge in [0.1, 0.15) is 55.9 Å². The van der Waals surface area contributed by atoms with Gasteiger partial charge in [-0.15, -0.1) is 0 Å². The van der Waals surface area contributed by atoms with Crippen LogP contribution in [-0.2, 0) is 47.5 Å². The van der Waals surface area contributed by atoms with Gasteiger partial charge in [0.25, 0.3) is 0 Å². The van der Waals surface area contributed by atoms with Crippen LogP contribution in [0, 0.1) is 5.92 Å². The molecule has 40 heavy (non-hydrogen) atoms. The molecule has 16 nitrogen and oxygen atoms in total. The second-order valence-corrected chi connectivity index (χ2v) is 10.4. The van der Waals surface area contributed by atoms with Crippen molar-refractivity contribution in [2.24, 2.45) is 11.0 Å². The summed E-state index contributed by atoms with van der Waals surface area (Å²) in [6.07, 6.45) is -13.7. The maximum atomic E-state index is 11.8. The van der Waals surface area contributed by atoms with Crippen LogP contribution in [0.15, 0.2) is 5.11 Å². The molecule has 16 heteroatoms. The summed E-state index contributed by atoms with van der Waals surface area (Å²) in [6, 6.07) is -1.36. The lowest BCUT2D eigenvalue weighted by Crippen LogP contribution is -2.65. The van der Waals surface area contributed by atoms with Crippen molar-refractivity contribution in [1.29, 1.82) is 0 Å². The van der Waals surface area contributed by atoms with Crippen LogP contribution < -0.4 is 0 Å². The van der Waals surface area contributed by atoms with Crippen LogP contribution in [0.25, 0.3) is 10.4 Å². The molecule has 0 aromatic carbocycles. The molecule has 2 rings (SSSR count). The number of rotatable bonds is 11. The van der Waals surface area contributed by atoms with Crippen molar-refractivity contribution >= 4 is 17.9 Å². The van der Waals surface area contributed by atoms with E-state index in [9.17, 15) is 35.2 Å². The van der Waals surface area contributed by atoms with Gasteiger partial charge in [-0.3, -0.25) is 14.4 Å². The average molecular weight is 578 g/mol. The van der Waals surface area contributed by atoms with Crippen molar-refractivity contribution in [3.8, 4) is 0 Å². The van der Waals surface area contributed by atoms with Crippen molar-refractivity contribution in [1.82, 2.24) is 0 Å². The molecule has 0 amide bonds. The second kappa shape index (κ2) is 14.4. The molecule has 0 aromatic heterocycles. The van der Waals surface area contributed by atoms with Crippen molar-refractivity contribution in [3.05, 3.63) is 10.4 Å². The minimum atomic E-state index is -1.76. The summed E-state index contributed by atoms with van der Waals surface area (Å²) in [7, 11) is 0. The van der Waals surface area contributed by atoms with Gasteiger partial charge >= 0.3 is 17.9 Å². The third kappa shape index (κ3) is 8.72. The molecular weight excluding hydrogens is 538 g/mol. The molecule has 2 aliphatic heterocycles. The Bertz CT molecular complexity index is 939. The minimum Gasteiger partial charge on any atom is -0.463 e. The number of hydrogen-bond donors (Lipinski definition) is 3. The van der Waals surface area contributed by atoms with Gasteiger partial charge in [0.05, 0.1) is 5.60 Å². The Labute approximate surface area is 231 Å². The molecule has 0 spiro atoms. The van der Waals surface area contributed by atoms with Crippen LogP contribution in [0.5, 0.6) is 0 Å². The monoisotopic (exact) mass is 577 g/mol. The van der Waals surface area contributed by atoms with E-state index in [0.717, 1.165) is 20.8 Å². The number of hydrogen-bond acceptors (Lipinski definition) is 14. The first-order valence-corrected chi connectivity index (χ1v) is 12.8. The van der Waals surface area contributed by atoms with E-state index in [1.807, 2.05) is 13.8 Å². The molecule has 0 aromatic rings. The van der Waals surface area contributed by atoms with E-state index >= 15 is 0 Å². The Kier molecular flexibility index (Phi) is 12.1. The first kappa shape index (κ1) is 33.6. The highest BCUT2D eigenvalue weighted by Gasteiger charge is 2.53. The van der Waals surface area contributed by atoms with Gasteiger partial charge < -0.3 is 48.5 Å². The summed E-state index contributed by atoms with van der Waals surface area (Å²) in [5.41, 5.74) is 8.50. The summed E-state index contributed by atoms with van der Waals surface area (Å²) in [6.45, 7) is 9.77. The number of nitrogens with zero attached hydrogens (tertiary/aromatic N) is 3. The van der Waals surface area contributed by atoms with Gasteiger partial charge in [0.2, 0.25) is 0 Å². The Morgan fingerprint density at radius 1 is 0.875 bits per heavy atom. The van der Waals surface area contributed by atoms with Crippen LogP contribution in [0.1, 0.15) is 48.5 Å². The van der Waals surface area contributed by atoms with Gasteiger partial charge in [-0.25, -0.2) is 0 Å². The number of carbonyl (C=O) groups excluding carboxylic acids is 3. The van der Waals surface area contributed by atoms with E-state index in [1.54, 1.807) is 13.8 Å². The second-order valence-electron chi connectivity index (χ2n) is 10.4. The summed E-state index contributed by atoms with van der Waals surface area (Å²) in [5.74, 6) is -2.23. The molecule has 3 N–H and O–H groups in total. The number of aliphatic hydroxyl groups excluding tert-OH is 3. The standard InChI is InChI=1S/C24H39N3O13/c1-10(2)24(6,7)40-22-16(26-27-25)20(18(32)15(37-22)9-35-12(4)29)39-23-21(36-13(5)30)19(33)17(31)14(38-23)8-34-11(3)28/h10,14-23,31-33H,8-9H2,1-7H3/t14-,15-,16-,17+,18-,19+,20-,21-,22+,23+/m1/s1. The lowest BCUT2D eigenvalue weighted by molar-refractivity contribution is -0.351. The van der Waals surface area contributed by atoms with Crippen molar-refractivity contribution in [2.75, 3.05) is 13.2 Å². The van der Waals surface area contributed by atoms with Gasteiger partial charge in [-0.2, -0.15) is 0 Å². The molecule has 0 unspecified atom stereocenters. The summed E-state index contributed by atoms with van der Waals surface area (Å²) < 4.78 is 38.8. The molecule has 10 atom stereocenters. The van der Waals surface area contributed by atoms with Gasteiger partial charge in [-0.1, -0.05) is 19.0 Å². The fraction of sp³-hybridized carbons (Fsp3) is 0.875. The molecule has 0 saturated carbocycles. The molecule has 0 bridgehead atoms. The lowest BCUT2D eigenvalue weighted by Gasteiger charge is -2.48. The van der Waals surface area contributed by atoms with Crippen LogP contribution in [0.4, 0.5) is 0 Å². The third-order valence-corrected chi connectivity index (χ3v) is 6.78. The van der Waals surface area contributed by atoms with E-state index < -0.39 is 98.1 Å². The number of azide groups is 1. The Morgan fingerprint density at radius 2 is 1.40 bits per heavy atom. The van der Waals surface area contributed by atoms with Gasteiger partial charge in [-0.05, 0) is 25.3 Å². The maximum absolute atomic E-state index is 11.8. The van der Waals surface area contributed by atoms with Crippen LogP contribution >= 0.6 is 0 Å². The molecule has 2 aliphatic rings. The highest BCUT2D eigenvalue weighted by Crippen LogP contribution is 2.35. The van der Waals surface area contributed by atoms with E-state index in [2.05, 4.69) is 10.0 Å².